The number of carbonyl (C=O) groups is 1. The summed E-state index contributed by atoms with van der Waals surface area (Å²) in [7, 11) is 0. The Bertz CT molecular complexity index is 1220. The minimum Gasteiger partial charge on any atom is -0.334 e. The summed E-state index contributed by atoms with van der Waals surface area (Å²) >= 11 is 0. The first kappa shape index (κ1) is 20.3. The summed E-state index contributed by atoms with van der Waals surface area (Å²) in [5, 5.41) is 11.3. The third-order valence-electron chi connectivity index (χ3n) is 6.63. The molecule has 1 saturated heterocycles. The van der Waals surface area contributed by atoms with E-state index in [1.165, 1.54) is 5.56 Å². The van der Waals surface area contributed by atoms with Crippen LogP contribution in [0.1, 0.15) is 30.9 Å². The number of urea groups is 1. The molecule has 32 heavy (non-hydrogen) atoms. The van der Waals surface area contributed by atoms with Crippen LogP contribution >= 0.6 is 0 Å². The van der Waals surface area contributed by atoms with Gasteiger partial charge in [-0.25, -0.2) is 4.79 Å². The third-order valence-corrected chi connectivity index (χ3v) is 6.63. The highest BCUT2D eigenvalue weighted by Crippen LogP contribution is 2.33. The lowest BCUT2D eigenvalue weighted by atomic mass is 9.76. The number of carbonyl (C=O) groups excluding carboxylic acids is 1. The van der Waals surface area contributed by atoms with Crippen LogP contribution in [-0.2, 0) is 12.0 Å². The molecule has 2 N–H and O–H groups in total. The molecule has 2 heterocycles. The van der Waals surface area contributed by atoms with Crippen molar-refractivity contribution in [2.75, 3.05) is 13.1 Å². The number of nitrogens with one attached hydrogen (secondary N) is 2. The average Bonchev–Trinajstić information content (AvgIpc) is 3.31. The molecule has 1 aromatic heterocycles. The molecule has 1 aliphatic rings. The van der Waals surface area contributed by atoms with Gasteiger partial charge in [-0.3, -0.25) is 5.10 Å². The predicted octanol–water partition coefficient (Wildman–Crippen LogP) is 5.49. The Morgan fingerprint density at radius 2 is 1.84 bits per heavy atom. The number of nitrogens with zero attached hydrogens (tertiary/aromatic N) is 2. The van der Waals surface area contributed by atoms with Crippen molar-refractivity contribution in [3.05, 3.63) is 90.1 Å². The summed E-state index contributed by atoms with van der Waals surface area (Å²) in [4.78, 5) is 14.8. The molecule has 2 amide bonds. The lowest BCUT2D eigenvalue weighted by molar-refractivity contribution is 0.155. The van der Waals surface area contributed by atoms with Crippen molar-refractivity contribution in [3.8, 4) is 11.1 Å². The fourth-order valence-corrected chi connectivity index (χ4v) is 4.71. The van der Waals surface area contributed by atoms with Crippen molar-refractivity contribution in [1.82, 2.24) is 20.4 Å². The Morgan fingerprint density at radius 1 is 1.06 bits per heavy atom. The molecular weight excluding hydrogens is 396 g/mol. The number of H-pyrrole nitrogens is 1. The smallest absolute Gasteiger partial charge is 0.317 e. The topological polar surface area (TPSA) is 61.0 Å². The first-order chi connectivity index (χ1) is 15.6. The van der Waals surface area contributed by atoms with Crippen LogP contribution in [0.4, 0.5) is 4.79 Å². The molecule has 1 aliphatic heterocycles. The lowest BCUT2D eigenvalue weighted by Gasteiger charge is -2.41. The van der Waals surface area contributed by atoms with E-state index < -0.39 is 0 Å². The van der Waals surface area contributed by atoms with Crippen LogP contribution in [0.3, 0.4) is 0 Å². The number of aromatic nitrogens is 2. The van der Waals surface area contributed by atoms with Gasteiger partial charge in [0.15, 0.2) is 0 Å². The highest BCUT2D eigenvalue weighted by Gasteiger charge is 2.34. The van der Waals surface area contributed by atoms with Crippen molar-refractivity contribution in [3.63, 3.8) is 0 Å². The number of fused-ring (bicyclic) bond motifs is 1. The Balaban J connectivity index is 1.21. The van der Waals surface area contributed by atoms with Crippen LogP contribution in [-0.4, -0.2) is 34.2 Å². The first-order valence-electron chi connectivity index (χ1n) is 11.2. The maximum atomic E-state index is 12.9. The van der Waals surface area contributed by atoms with E-state index in [1.807, 2.05) is 17.2 Å². The standard InChI is InChI=1S/C27H28N4O/c1-27(24-6-3-2-4-7-24)14-5-15-31(19-27)26(32)28-17-20-8-10-21(11-9-20)22-12-13-23-18-29-30-25(23)16-22/h2-4,6-13,16,18H,5,14-15,17,19H2,1H3,(H,28,32)(H,29,30). The fraction of sp³-hybridized carbons (Fsp3) is 0.259. The van der Waals surface area contributed by atoms with Gasteiger partial charge in [0.05, 0.1) is 11.7 Å². The quantitative estimate of drug-likeness (QED) is 0.455. The largest absolute Gasteiger partial charge is 0.334 e. The summed E-state index contributed by atoms with van der Waals surface area (Å²) in [6.07, 6.45) is 3.95. The van der Waals surface area contributed by atoms with Crippen molar-refractivity contribution < 1.29 is 4.79 Å². The van der Waals surface area contributed by atoms with E-state index in [9.17, 15) is 4.79 Å². The maximum absolute atomic E-state index is 12.9. The van der Waals surface area contributed by atoms with Gasteiger partial charge in [-0.1, -0.05) is 73.7 Å². The van der Waals surface area contributed by atoms with Crippen molar-refractivity contribution in [2.45, 2.75) is 31.7 Å². The predicted molar refractivity (Wildman–Crippen MR) is 128 cm³/mol. The Hall–Kier alpha value is -3.60. The van der Waals surface area contributed by atoms with Crippen molar-refractivity contribution >= 4 is 16.9 Å². The molecule has 0 spiro atoms. The monoisotopic (exact) mass is 424 g/mol. The summed E-state index contributed by atoms with van der Waals surface area (Å²) in [5.41, 5.74) is 5.72. The second-order valence-corrected chi connectivity index (χ2v) is 8.98. The number of rotatable bonds is 4. The van der Waals surface area contributed by atoms with Gasteiger partial charge < -0.3 is 10.2 Å². The van der Waals surface area contributed by atoms with E-state index in [1.54, 1.807) is 0 Å². The van der Waals surface area contributed by atoms with Crippen molar-refractivity contribution in [2.24, 2.45) is 0 Å². The molecule has 5 nitrogen and oxygen atoms in total. The second kappa shape index (κ2) is 8.50. The maximum Gasteiger partial charge on any atom is 0.317 e. The number of amides is 2. The fourth-order valence-electron chi connectivity index (χ4n) is 4.71. The molecule has 5 rings (SSSR count). The van der Waals surface area contributed by atoms with Gasteiger partial charge in [-0.15, -0.1) is 0 Å². The number of likely N-dealkylation sites (tertiary alicyclic amines) is 1. The van der Waals surface area contributed by atoms with E-state index in [2.05, 4.69) is 89.2 Å². The number of benzene rings is 3. The molecule has 0 aliphatic carbocycles. The van der Waals surface area contributed by atoms with E-state index in [0.717, 1.165) is 53.5 Å². The molecule has 162 valence electrons. The zero-order valence-electron chi connectivity index (χ0n) is 18.3. The minimum absolute atomic E-state index is 0.00819. The van der Waals surface area contributed by atoms with Crippen LogP contribution in [0.2, 0.25) is 0 Å². The Kier molecular flexibility index (Phi) is 5.39. The summed E-state index contributed by atoms with van der Waals surface area (Å²) in [5.74, 6) is 0. The first-order valence-corrected chi connectivity index (χ1v) is 11.2. The number of hydrogen-bond donors (Lipinski definition) is 2. The molecule has 0 bridgehead atoms. The van der Waals surface area contributed by atoms with Crippen molar-refractivity contribution in [1.29, 1.82) is 0 Å². The van der Waals surface area contributed by atoms with E-state index >= 15 is 0 Å². The average molecular weight is 425 g/mol. The number of hydrogen-bond acceptors (Lipinski definition) is 2. The van der Waals surface area contributed by atoms with Gasteiger partial charge >= 0.3 is 6.03 Å². The molecule has 1 fully saturated rings. The summed E-state index contributed by atoms with van der Waals surface area (Å²) in [6.45, 7) is 4.35. The van der Waals surface area contributed by atoms with Crippen LogP contribution in [0.25, 0.3) is 22.0 Å². The SMILES string of the molecule is CC1(c2ccccc2)CCCN(C(=O)NCc2ccc(-c3ccc4cn[nH]c4c3)cc2)C1. The molecule has 3 aromatic carbocycles. The molecule has 1 atom stereocenters. The molecule has 0 saturated carbocycles. The highest BCUT2D eigenvalue weighted by atomic mass is 16.2. The van der Waals surface area contributed by atoms with Gasteiger partial charge in [-0.2, -0.15) is 5.10 Å². The zero-order chi connectivity index (χ0) is 22.0. The third kappa shape index (κ3) is 4.11. The molecule has 4 aromatic rings. The lowest BCUT2D eigenvalue weighted by Crippen LogP contribution is -2.50. The van der Waals surface area contributed by atoms with Crippen LogP contribution in [0.15, 0.2) is 79.0 Å². The highest BCUT2D eigenvalue weighted by molar-refractivity contribution is 5.83. The second-order valence-electron chi connectivity index (χ2n) is 8.98. The zero-order valence-corrected chi connectivity index (χ0v) is 18.3. The number of piperidine rings is 1. The van der Waals surface area contributed by atoms with Gasteiger partial charge in [0.25, 0.3) is 0 Å². The minimum atomic E-state index is 0.00819. The van der Waals surface area contributed by atoms with Gasteiger partial charge in [0.1, 0.15) is 0 Å². The van der Waals surface area contributed by atoms with E-state index in [4.69, 9.17) is 0 Å². The molecule has 0 radical (unpaired) electrons. The normalized spacial score (nSPS) is 18.6. The van der Waals surface area contributed by atoms with Gasteiger partial charge in [0, 0.05) is 30.4 Å². The Labute approximate surface area is 188 Å². The summed E-state index contributed by atoms with van der Waals surface area (Å²) in [6, 6.07) is 25.2. The van der Waals surface area contributed by atoms with Crippen LogP contribution < -0.4 is 5.32 Å². The van der Waals surface area contributed by atoms with Crippen LogP contribution in [0.5, 0.6) is 0 Å². The van der Waals surface area contributed by atoms with E-state index in [0.29, 0.717) is 6.54 Å². The number of aromatic amines is 1. The van der Waals surface area contributed by atoms with Gasteiger partial charge in [-0.05, 0) is 41.2 Å². The molecular formula is C27H28N4O. The van der Waals surface area contributed by atoms with Crippen LogP contribution in [0, 0.1) is 0 Å². The van der Waals surface area contributed by atoms with Gasteiger partial charge in [0.2, 0.25) is 0 Å². The molecule has 5 heteroatoms. The summed E-state index contributed by atoms with van der Waals surface area (Å²) < 4.78 is 0. The Morgan fingerprint density at radius 3 is 2.66 bits per heavy atom. The van der Waals surface area contributed by atoms with E-state index in [-0.39, 0.29) is 11.4 Å². The molecule has 1 unspecified atom stereocenters.